The minimum atomic E-state index is 0.0264. The van der Waals surface area contributed by atoms with Crippen LogP contribution >= 0.6 is 0 Å². The second-order valence-corrected chi connectivity index (χ2v) is 8.22. The molecule has 1 amide bonds. The van der Waals surface area contributed by atoms with Gasteiger partial charge in [-0.05, 0) is 62.1 Å². The van der Waals surface area contributed by atoms with Gasteiger partial charge in [-0.15, -0.1) is 0 Å². The van der Waals surface area contributed by atoms with Crippen molar-refractivity contribution in [3.8, 4) is 0 Å². The number of likely N-dealkylation sites (N-methyl/N-ethyl adjacent to an activating group) is 1. The molecule has 0 radical (unpaired) electrons. The maximum absolute atomic E-state index is 12.6. The van der Waals surface area contributed by atoms with E-state index in [0.717, 1.165) is 37.4 Å². The number of amides is 1. The van der Waals surface area contributed by atoms with E-state index in [1.165, 1.54) is 29.9 Å². The molecule has 2 fully saturated rings. The summed E-state index contributed by atoms with van der Waals surface area (Å²) in [5.74, 6) is 0.0264. The van der Waals surface area contributed by atoms with Crippen LogP contribution in [0.3, 0.4) is 0 Å². The van der Waals surface area contributed by atoms with Crippen LogP contribution in [0.5, 0.6) is 0 Å². The smallest absolute Gasteiger partial charge is 0.246 e. The van der Waals surface area contributed by atoms with Gasteiger partial charge in [0.2, 0.25) is 5.91 Å². The molecule has 1 aliphatic heterocycles. The summed E-state index contributed by atoms with van der Waals surface area (Å²) in [5.41, 5.74) is 6.04. The molecule has 2 aliphatic rings. The molecule has 5 heteroatoms. The highest BCUT2D eigenvalue weighted by Crippen LogP contribution is 2.38. The number of aromatic nitrogens is 1. The number of nitrogens with zero attached hydrogens (tertiary/aromatic N) is 3. The van der Waals surface area contributed by atoms with E-state index in [9.17, 15) is 4.79 Å². The Balaban J connectivity index is 1.35. The monoisotopic (exact) mass is 393 g/mol. The first-order valence-corrected chi connectivity index (χ1v) is 10.6. The van der Waals surface area contributed by atoms with Gasteiger partial charge in [-0.25, -0.2) is 0 Å². The van der Waals surface area contributed by atoms with Crippen molar-refractivity contribution in [1.29, 1.82) is 0 Å². The lowest BCUT2D eigenvalue weighted by molar-refractivity contribution is -0.125. The van der Waals surface area contributed by atoms with E-state index < -0.39 is 0 Å². The highest BCUT2D eigenvalue weighted by molar-refractivity contribution is 5.91. The van der Waals surface area contributed by atoms with Gasteiger partial charge in [0.1, 0.15) is 0 Å². The molecule has 0 unspecified atom stereocenters. The standard InChI is InChI=1S/C24H31N3O2/c1-18-16-21(19(2)27(18)23-9-10-23)6-11-24(28)25(3)17-20-4-7-22(8-5-20)26-12-14-29-15-13-26/h4-8,11,16,23H,9-10,12-15,17H2,1-3H3. The van der Waals surface area contributed by atoms with Gasteiger partial charge in [0.05, 0.1) is 13.2 Å². The summed E-state index contributed by atoms with van der Waals surface area (Å²) in [6, 6.07) is 11.4. The fourth-order valence-corrected chi connectivity index (χ4v) is 4.14. The van der Waals surface area contributed by atoms with Crippen molar-refractivity contribution in [3.05, 3.63) is 58.9 Å². The number of carbonyl (C=O) groups excluding carboxylic acids is 1. The molecule has 0 bridgehead atoms. The van der Waals surface area contributed by atoms with E-state index in [-0.39, 0.29) is 5.91 Å². The molecule has 29 heavy (non-hydrogen) atoms. The molecule has 5 nitrogen and oxygen atoms in total. The number of hydrogen-bond acceptors (Lipinski definition) is 3. The minimum absolute atomic E-state index is 0.0264. The van der Waals surface area contributed by atoms with Gasteiger partial charge in [-0.1, -0.05) is 12.1 Å². The van der Waals surface area contributed by atoms with Crippen molar-refractivity contribution < 1.29 is 9.53 Å². The third kappa shape index (κ3) is 4.56. The molecule has 0 N–H and O–H groups in total. The van der Waals surface area contributed by atoms with Crippen LogP contribution in [-0.4, -0.2) is 48.7 Å². The summed E-state index contributed by atoms with van der Waals surface area (Å²) in [4.78, 5) is 16.7. The fourth-order valence-electron chi connectivity index (χ4n) is 4.14. The largest absolute Gasteiger partial charge is 0.378 e. The van der Waals surface area contributed by atoms with Gasteiger partial charge < -0.3 is 19.1 Å². The summed E-state index contributed by atoms with van der Waals surface area (Å²) >= 11 is 0. The highest BCUT2D eigenvalue weighted by Gasteiger charge is 2.26. The Kier molecular flexibility index (Phi) is 5.76. The normalized spacial score (nSPS) is 17.1. The second kappa shape index (κ2) is 8.46. The van der Waals surface area contributed by atoms with Crippen LogP contribution < -0.4 is 4.90 Å². The van der Waals surface area contributed by atoms with Crippen molar-refractivity contribution in [2.24, 2.45) is 0 Å². The number of rotatable bonds is 6. The average Bonchev–Trinajstić information content (AvgIpc) is 3.52. The Labute approximate surface area is 173 Å². The van der Waals surface area contributed by atoms with Gasteiger partial charge in [0.15, 0.2) is 0 Å². The molecule has 2 aromatic rings. The summed E-state index contributed by atoms with van der Waals surface area (Å²) in [6.07, 6.45) is 6.19. The first kappa shape index (κ1) is 19.8. The van der Waals surface area contributed by atoms with Gasteiger partial charge in [0.25, 0.3) is 0 Å². The van der Waals surface area contributed by atoms with E-state index in [1.54, 1.807) is 11.0 Å². The van der Waals surface area contributed by atoms with E-state index in [4.69, 9.17) is 4.74 Å². The van der Waals surface area contributed by atoms with Crippen LogP contribution in [0, 0.1) is 13.8 Å². The first-order chi connectivity index (χ1) is 14.0. The number of hydrogen-bond donors (Lipinski definition) is 0. The number of anilines is 1. The fraction of sp³-hybridized carbons (Fsp3) is 0.458. The van der Waals surface area contributed by atoms with Gasteiger partial charge >= 0.3 is 0 Å². The third-order valence-electron chi connectivity index (χ3n) is 5.95. The quantitative estimate of drug-likeness (QED) is 0.698. The van der Waals surface area contributed by atoms with E-state index in [1.807, 2.05) is 13.1 Å². The highest BCUT2D eigenvalue weighted by atomic mass is 16.5. The third-order valence-corrected chi connectivity index (χ3v) is 5.95. The Morgan fingerprint density at radius 3 is 2.52 bits per heavy atom. The minimum Gasteiger partial charge on any atom is -0.378 e. The first-order valence-electron chi connectivity index (χ1n) is 10.6. The molecule has 1 aromatic carbocycles. The number of ether oxygens (including phenoxy) is 1. The molecule has 0 spiro atoms. The number of morpholine rings is 1. The topological polar surface area (TPSA) is 37.7 Å². The van der Waals surface area contributed by atoms with Crippen molar-refractivity contribution in [2.75, 3.05) is 38.3 Å². The number of carbonyl (C=O) groups is 1. The molecule has 1 aromatic heterocycles. The zero-order valence-corrected chi connectivity index (χ0v) is 17.7. The van der Waals surface area contributed by atoms with Gasteiger partial charge in [-0.2, -0.15) is 0 Å². The Morgan fingerprint density at radius 2 is 1.86 bits per heavy atom. The lowest BCUT2D eigenvalue weighted by atomic mass is 10.1. The van der Waals surface area contributed by atoms with E-state index in [2.05, 4.69) is 53.6 Å². The summed E-state index contributed by atoms with van der Waals surface area (Å²) in [5, 5.41) is 0. The van der Waals surface area contributed by atoms with E-state index in [0.29, 0.717) is 12.6 Å². The lowest BCUT2D eigenvalue weighted by Gasteiger charge is -2.29. The lowest BCUT2D eigenvalue weighted by Crippen LogP contribution is -2.36. The van der Waals surface area contributed by atoms with Crippen molar-refractivity contribution in [3.63, 3.8) is 0 Å². The maximum Gasteiger partial charge on any atom is 0.246 e. The SMILES string of the molecule is Cc1cc(C=CC(=O)N(C)Cc2ccc(N3CCOCC3)cc2)c(C)n1C1CC1. The summed E-state index contributed by atoms with van der Waals surface area (Å²) in [7, 11) is 1.86. The summed E-state index contributed by atoms with van der Waals surface area (Å²) < 4.78 is 7.82. The molecule has 154 valence electrons. The predicted molar refractivity (Wildman–Crippen MR) is 117 cm³/mol. The van der Waals surface area contributed by atoms with Crippen LogP contribution in [0.2, 0.25) is 0 Å². The van der Waals surface area contributed by atoms with Crippen molar-refractivity contribution in [1.82, 2.24) is 9.47 Å². The van der Waals surface area contributed by atoms with Crippen LogP contribution in [0.15, 0.2) is 36.4 Å². The molecule has 0 atom stereocenters. The van der Waals surface area contributed by atoms with Gasteiger partial charge in [0, 0.05) is 55.9 Å². The molecule has 2 heterocycles. The Hall–Kier alpha value is -2.53. The summed E-state index contributed by atoms with van der Waals surface area (Å²) in [6.45, 7) is 8.34. The molecule has 1 aliphatic carbocycles. The zero-order valence-electron chi connectivity index (χ0n) is 17.7. The zero-order chi connectivity index (χ0) is 20.4. The number of aryl methyl sites for hydroxylation is 1. The van der Waals surface area contributed by atoms with Crippen molar-refractivity contribution >= 4 is 17.7 Å². The number of benzene rings is 1. The van der Waals surface area contributed by atoms with Crippen LogP contribution in [0.25, 0.3) is 6.08 Å². The van der Waals surface area contributed by atoms with Crippen LogP contribution in [0.1, 0.15) is 41.4 Å². The second-order valence-electron chi connectivity index (χ2n) is 8.22. The molecular formula is C24H31N3O2. The molecule has 1 saturated heterocycles. The molecule has 4 rings (SSSR count). The van der Waals surface area contributed by atoms with Gasteiger partial charge in [-0.3, -0.25) is 4.79 Å². The van der Waals surface area contributed by atoms with Crippen LogP contribution in [0.4, 0.5) is 5.69 Å². The maximum atomic E-state index is 12.6. The average molecular weight is 394 g/mol. The Morgan fingerprint density at radius 1 is 1.17 bits per heavy atom. The van der Waals surface area contributed by atoms with Crippen LogP contribution in [-0.2, 0) is 16.1 Å². The Bertz CT molecular complexity index is 888. The molecular weight excluding hydrogens is 362 g/mol. The predicted octanol–water partition coefficient (Wildman–Crippen LogP) is 3.95. The van der Waals surface area contributed by atoms with E-state index >= 15 is 0 Å². The molecule has 1 saturated carbocycles. The van der Waals surface area contributed by atoms with Crippen molar-refractivity contribution in [2.45, 2.75) is 39.3 Å².